The van der Waals surface area contributed by atoms with Crippen LogP contribution >= 0.6 is 11.3 Å². The Labute approximate surface area is 196 Å². The molecule has 158 valence electrons. The smallest absolute Gasteiger partial charge is 0.0552 e. The third-order valence-corrected chi connectivity index (χ3v) is 8.11. The van der Waals surface area contributed by atoms with Crippen molar-refractivity contribution in [3.63, 3.8) is 0 Å². The van der Waals surface area contributed by atoms with Gasteiger partial charge >= 0.3 is 0 Å². The molecular weight excluding hydrogens is 418 g/mol. The number of benzene rings is 4. The summed E-state index contributed by atoms with van der Waals surface area (Å²) in [6.45, 7) is 2.20. The molecule has 0 radical (unpaired) electrons. The van der Waals surface area contributed by atoms with Gasteiger partial charge in [-0.15, -0.1) is 11.3 Å². The lowest BCUT2D eigenvalue weighted by Crippen LogP contribution is -2.01. The zero-order chi connectivity index (χ0) is 21.9. The predicted octanol–water partition coefficient (Wildman–Crippen LogP) is 9.19. The molecule has 2 aromatic heterocycles. The van der Waals surface area contributed by atoms with Gasteiger partial charge in [0.2, 0.25) is 0 Å². The Morgan fingerprint density at radius 3 is 2.48 bits per heavy atom. The van der Waals surface area contributed by atoms with Gasteiger partial charge in [-0.3, -0.25) is 0 Å². The Morgan fingerprint density at radius 2 is 1.58 bits per heavy atom. The second-order valence-corrected chi connectivity index (χ2v) is 10.0. The fourth-order valence-electron chi connectivity index (χ4n) is 5.40. The molecule has 0 atom stereocenters. The quantitative estimate of drug-likeness (QED) is 0.252. The van der Waals surface area contributed by atoms with E-state index in [0.29, 0.717) is 0 Å². The van der Waals surface area contributed by atoms with Crippen LogP contribution in [0.2, 0.25) is 0 Å². The van der Waals surface area contributed by atoms with E-state index in [0.717, 1.165) is 12.8 Å². The van der Waals surface area contributed by atoms with Gasteiger partial charge in [-0.1, -0.05) is 72.3 Å². The maximum Gasteiger partial charge on any atom is 0.0552 e. The van der Waals surface area contributed by atoms with Crippen molar-refractivity contribution in [1.82, 2.24) is 4.57 Å². The van der Waals surface area contributed by atoms with E-state index in [4.69, 9.17) is 0 Å². The SMILES string of the molecule is Cc1ccc2c(c1)c1c3sc4ccccc4c3ccc1n2C1=CC(c2ccccc2)=CCC1. The monoisotopic (exact) mass is 441 g/mol. The van der Waals surface area contributed by atoms with Crippen LogP contribution < -0.4 is 0 Å². The third kappa shape index (κ3) is 2.84. The number of thiophene rings is 1. The lowest BCUT2D eigenvalue weighted by atomic mass is 9.97. The van der Waals surface area contributed by atoms with Gasteiger partial charge in [-0.05, 0) is 61.2 Å². The molecule has 1 aliphatic carbocycles. The maximum atomic E-state index is 2.52. The molecule has 2 heterocycles. The van der Waals surface area contributed by atoms with Gasteiger partial charge in [0.15, 0.2) is 0 Å². The molecule has 2 heteroatoms. The minimum Gasteiger partial charge on any atom is -0.313 e. The summed E-state index contributed by atoms with van der Waals surface area (Å²) in [5, 5.41) is 5.48. The van der Waals surface area contributed by atoms with E-state index in [1.54, 1.807) is 0 Å². The molecular formula is C31H23NS. The van der Waals surface area contributed by atoms with E-state index >= 15 is 0 Å². The molecule has 4 aromatic carbocycles. The molecule has 1 aliphatic rings. The largest absolute Gasteiger partial charge is 0.313 e. The highest BCUT2D eigenvalue weighted by molar-refractivity contribution is 7.26. The first kappa shape index (κ1) is 18.9. The van der Waals surface area contributed by atoms with E-state index in [1.807, 2.05) is 11.3 Å². The maximum absolute atomic E-state index is 2.52. The van der Waals surface area contributed by atoms with Crippen molar-refractivity contribution in [2.75, 3.05) is 0 Å². The Balaban J connectivity index is 1.57. The topological polar surface area (TPSA) is 4.93 Å². The van der Waals surface area contributed by atoms with Crippen LogP contribution in [0.3, 0.4) is 0 Å². The van der Waals surface area contributed by atoms with Crippen molar-refractivity contribution in [2.24, 2.45) is 0 Å². The molecule has 7 rings (SSSR count). The van der Waals surface area contributed by atoms with Gasteiger partial charge in [-0.2, -0.15) is 0 Å². The summed E-state index contributed by atoms with van der Waals surface area (Å²) in [5.74, 6) is 0. The number of aryl methyl sites for hydroxylation is 1. The van der Waals surface area contributed by atoms with E-state index in [-0.39, 0.29) is 0 Å². The van der Waals surface area contributed by atoms with Crippen LogP contribution in [0.1, 0.15) is 24.0 Å². The standard InChI is InChI=1S/C31H23NS/c1-20-14-16-27-26(18-20)30-28(17-15-25-24-12-5-6-13-29(24)33-31(25)30)32(27)23-11-7-10-22(19-23)21-8-3-2-4-9-21/h2-6,8-10,12-19H,7,11H2,1H3. The van der Waals surface area contributed by atoms with Crippen molar-refractivity contribution >= 4 is 64.6 Å². The Bertz CT molecular complexity index is 1760. The number of hydrogen-bond acceptors (Lipinski definition) is 1. The first-order valence-electron chi connectivity index (χ1n) is 11.6. The normalized spacial score (nSPS) is 14.3. The molecule has 0 bridgehead atoms. The van der Waals surface area contributed by atoms with E-state index < -0.39 is 0 Å². The van der Waals surface area contributed by atoms with Crippen LogP contribution in [0.15, 0.2) is 97.1 Å². The fourth-order valence-corrected chi connectivity index (χ4v) is 6.66. The van der Waals surface area contributed by atoms with E-state index in [2.05, 4.69) is 109 Å². The van der Waals surface area contributed by atoms with Gasteiger partial charge in [0.25, 0.3) is 0 Å². The van der Waals surface area contributed by atoms with Gasteiger partial charge in [-0.25, -0.2) is 0 Å². The van der Waals surface area contributed by atoms with Crippen molar-refractivity contribution in [1.29, 1.82) is 0 Å². The molecule has 0 N–H and O–H groups in total. The summed E-state index contributed by atoms with van der Waals surface area (Å²) in [5.41, 5.74) is 7.92. The highest BCUT2D eigenvalue weighted by Crippen LogP contribution is 2.44. The van der Waals surface area contributed by atoms with Crippen LogP contribution in [0.5, 0.6) is 0 Å². The number of hydrogen-bond donors (Lipinski definition) is 0. The molecule has 1 nitrogen and oxygen atoms in total. The third-order valence-electron chi connectivity index (χ3n) is 6.91. The number of fused-ring (bicyclic) bond motifs is 7. The van der Waals surface area contributed by atoms with Gasteiger partial charge in [0.1, 0.15) is 0 Å². The van der Waals surface area contributed by atoms with Crippen LogP contribution in [-0.2, 0) is 0 Å². The molecule has 0 aliphatic heterocycles. The van der Waals surface area contributed by atoms with Crippen LogP contribution in [0, 0.1) is 6.92 Å². The Kier molecular flexibility index (Phi) is 4.12. The molecule has 33 heavy (non-hydrogen) atoms. The second kappa shape index (κ2) is 7.19. The van der Waals surface area contributed by atoms with Gasteiger partial charge in [0, 0.05) is 36.6 Å². The molecule has 0 fully saturated rings. The minimum atomic E-state index is 1.05. The summed E-state index contributed by atoms with van der Waals surface area (Å²) < 4.78 is 5.28. The van der Waals surface area contributed by atoms with Crippen LogP contribution in [-0.4, -0.2) is 4.57 Å². The molecule has 0 saturated carbocycles. The first-order chi connectivity index (χ1) is 16.3. The summed E-state index contributed by atoms with van der Waals surface area (Å²) in [6.07, 6.45) is 6.88. The highest BCUT2D eigenvalue weighted by Gasteiger charge is 2.19. The number of nitrogens with zero attached hydrogens (tertiary/aromatic N) is 1. The van der Waals surface area contributed by atoms with Crippen molar-refractivity contribution in [2.45, 2.75) is 19.8 Å². The van der Waals surface area contributed by atoms with Crippen LogP contribution in [0.25, 0.3) is 53.2 Å². The number of allylic oxidation sites excluding steroid dienone is 4. The second-order valence-electron chi connectivity index (χ2n) is 8.99. The molecule has 0 unspecified atom stereocenters. The van der Waals surface area contributed by atoms with Gasteiger partial charge < -0.3 is 4.57 Å². The van der Waals surface area contributed by atoms with Crippen LogP contribution in [0.4, 0.5) is 0 Å². The molecule has 0 saturated heterocycles. The van der Waals surface area contributed by atoms with Crippen molar-refractivity contribution in [3.8, 4) is 0 Å². The highest BCUT2D eigenvalue weighted by atomic mass is 32.1. The average molecular weight is 442 g/mol. The number of rotatable bonds is 2. The lowest BCUT2D eigenvalue weighted by Gasteiger charge is -2.18. The zero-order valence-electron chi connectivity index (χ0n) is 18.5. The number of aromatic nitrogens is 1. The average Bonchev–Trinajstić information content (AvgIpc) is 3.40. The molecule has 0 spiro atoms. The summed E-state index contributed by atoms with van der Waals surface area (Å²) in [7, 11) is 0. The van der Waals surface area contributed by atoms with E-state index in [1.165, 1.54) is 64.4 Å². The Hall–Kier alpha value is -3.62. The predicted molar refractivity (Wildman–Crippen MR) is 145 cm³/mol. The summed E-state index contributed by atoms with van der Waals surface area (Å²) >= 11 is 1.93. The zero-order valence-corrected chi connectivity index (χ0v) is 19.3. The van der Waals surface area contributed by atoms with Crippen molar-refractivity contribution < 1.29 is 0 Å². The minimum absolute atomic E-state index is 1.05. The molecule has 0 amide bonds. The fraction of sp³-hybridized carbons (Fsp3) is 0.0968. The Morgan fingerprint density at radius 1 is 0.758 bits per heavy atom. The summed E-state index contributed by atoms with van der Waals surface area (Å²) in [4.78, 5) is 0. The van der Waals surface area contributed by atoms with E-state index in [9.17, 15) is 0 Å². The first-order valence-corrected chi connectivity index (χ1v) is 12.4. The summed E-state index contributed by atoms with van der Waals surface area (Å²) in [6, 6.07) is 31.1. The van der Waals surface area contributed by atoms with Crippen molar-refractivity contribution in [3.05, 3.63) is 108 Å². The molecule has 6 aromatic rings. The lowest BCUT2D eigenvalue weighted by molar-refractivity contribution is 0.983. The van der Waals surface area contributed by atoms with Gasteiger partial charge in [0.05, 0.1) is 11.0 Å².